The summed E-state index contributed by atoms with van der Waals surface area (Å²) < 4.78 is 15.1. The Morgan fingerprint density at radius 2 is 1.86 bits per heavy atom. The van der Waals surface area contributed by atoms with Crippen molar-refractivity contribution in [1.82, 2.24) is 35.1 Å². The number of nitrogens with one attached hydrogen (secondary N) is 3. The fourth-order valence-electron chi connectivity index (χ4n) is 4.17. The van der Waals surface area contributed by atoms with Crippen LogP contribution in [0.5, 0.6) is 0 Å². The van der Waals surface area contributed by atoms with Crippen molar-refractivity contribution in [3.05, 3.63) is 73.2 Å². The number of anilines is 1. The van der Waals surface area contributed by atoms with Crippen LogP contribution in [0.25, 0.3) is 55.8 Å². The van der Waals surface area contributed by atoms with Gasteiger partial charge in [0.15, 0.2) is 17.3 Å². The normalized spacial score (nSPS) is 11.5. The van der Waals surface area contributed by atoms with Crippen molar-refractivity contribution in [2.45, 2.75) is 13.8 Å². The van der Waals surface area contributed by atoms with Gasteiger partial charge in [0.2, 0.25) is 5.91 Å². The molecule has 182 valence electrons. The lowest BCUT2D eigenvalue weighted by atomic mass is 10.0. The third-order valence-corrected chi connectivity index (χ3v) is 6.08. The maximum absolute atomic E-state index is 15.1. The van der Waals surface area contributed by atoms with Crippen LogP contribution in [0.1, 0.15) is 13.8 Å². The van der Waals surface area contributed by atoms with E-state index in [1.54, 1.807) is 37.1 Å². The minimum Gasteiger partial charge on any atom is -0.335 e. The number of hydrogen-bond donors (Lipinski definition) is 3. The van der Waals surface area contributed by atoms with E-state index in [2.05, 4.69) is 40.4 Å². The average Bonchev–Trinajstić information content (AvgIpc) is 3.53. The van der Waals surface area contributed by atoms with E-state index in [4.69, 9.17) is 0 Å². The van der Waals surface area contributed by atoms with Crippen LogP contribution in [-0.2, 0) is 4.79 Å². The number of nitrogens with zero attached hydrogens (tertiary/aromatic N) is 5. The van der Waals surface area contributed by atoms with Gasteiger partial charge in [-0.05, 0) is 35.9 Å². The molecule has 0 radical (unpaired) electrons. The average molecular weight is 493 g/mol. The topological polar surface area (TPSA) is 125 Å². The summed E-state index contributed by atoms with van der Waals surface area (Å²) in [4.78, 5) is 32.9. The van der Waals surface area contributed by atoms with Crippen LogP contribution in [0.3, 0.4) is 0 Å². The zero-order chi connectivity index (χ0) is 25.5. The lowest BCUT2D eigenvalue weighted by molar-refractivity contribution is -0.118. The van der Waals surface area contributed by atoms with Crippen LogP contribution < -0.4 is 5.32 Å². The summed E-state index contributed by atoms with van der Waals surface area (Å²) >= 11 is 0. The summed E-state index contributed by atoms with van der Waals surface area (Å²) in [7, 11) is 0. The molecule has 1 aromatic carbocycles. The van der Waals surface area contributed by atoms with E-state index in [1.807, 2.05) is 38.1 Å². The van der Waals surface area contributed by atoms with Crippen LogP contribution in [0.4, 0.5) is 10.1 Å². The highest BCUT2D eigenvalue weighted by molar-refractivity contribution is 5.98. The predicted molar refractivity (Wildman–Crippen MR) is 139 cm³/mol. The molecule has 0 unspecified atom stereocenters. The standard InChI is InChI=1S/C27H21FN8O/c1-14(2)27(37)32-18-8-17(12-30-13-18)16-9-20-22(21(28)10-16)35-36-24(20)26-33-23-19(5-7-31-25(23)34-26)15-4-3-6-29-11-15/h3-14H,1-2H3,(H,32,37)(H,35,36)(H,31,33,34). The van der Waals surface area contributed by atoms with E-state index in [1.165, 1.54) is 6.07 Å². The quantitative estimate of drug-likeness (QED) is 0.298. The highest BCUT2D eigenvalue weighted by Crippen LogP contribution is 2.34. The Balaban J connectivity index is 1.45. The van der Waals surface area contributed by atoms with Gasteiger partial charge in [0.1, 0.15) is 11.2 Å². The molecule has 5 aromatic heterocycles. The fraction of sp³-hybridized carbons (Fsp3) is 0.111. The van der Waals surface area contributed by atoms with Gasteiger partial charge in [0.25, 0.3) is 0 Å². The first-order chi connectivity index (χ1) is 18.0. The molecule has 5 heterocycles. The Morgan fingerprint density at radius 1 is 1.00 bits per heavy atom. The molecule has 37 heavy (non-hydrogen) atoms. The molecule has 0 aliphatic rings. The number of aromatic nitrogens is 7. The molecule has 0 saturated carbocycles. The number of amides is 1. The van der Waals surface area contributed by atoms with Crippen molar-refractivity contribution in [1.29, 1.82) is 0 Å². The lowest BCUT2D eigenvalue weighted by Gasteiger charge is -2.09. The van der Waals surface area contributed by atoms with Gasteiger partial charge in [-0.2, -0.15) is 5.10 Å². The molecule has 6 rings (SSSR count). The van der Waals surface area contributed by atoms with Crippen molar-refractivity contribution in [3.8, 4) is 33.8 Å². The van der Waals surface area contributed by atoms with Gasteiger partial charge in [-0.1, -0.05) is 19.9 Å². The minimum absolute atomic E-state index is 0.123. The van der Waals surface area contributed by atoms with E-state index in [9.17, 15) is 4.79 Å². The lowest BCUT2D eigenvalue weighted by Crippen LogP contribution is -2.17. The van der Waals surface area contributed by atoms with Gasteiger partial charge in [-0.15, -0.1) is 0 Å². The van der Waals surface area contributed by atoms with E-state index in [0.717, 1.165) is 16.6 Å². The highest BCUT2D eigenvalue weighted by Gasteiger charge is 2.18. The smallest absolute Gasteiger partial charge is 0.226 e. The predicted octanol–water partition coefficient (Wildman–Crippen LogP) is 5.36. The number of benzene rings is 1. The second-order valence-corrected chi connectivity index (χ2v) is 8.94. The molecule has 3 N–H and O–H groups in total. The first kappa shape index (κ1) is 22.5. The first-order valence-corrected chi connectivity index (χ1v) is 11.7. The first-order valence-electron chi connectivity index (χ1n) is 11.7. The van der Waals surface area contributed by atoms with Crippen LogP contribution in [0.2, 0.25) is 0 Å². The summed E-state index contributed by atoms with van der Waals surface area (Å²) in [6.45, 7) is 3.62. The second kappa shape index (κ2) is 8.90. The monoisotopic (exact) mass is 492 g/mol. The van der Waals surface area contributed by atoms with Crippen molar-refractivity contribution in [2.24, 2.45) is 5.92 Å². The van der Waals surface area contributed by atoms with Crippen LogP contribution in [0, 0.1) is 11.7 Å². The van der Waals surface area contributed by atoms with Crippen LogP contribution >= 0.6 is 0 Å². The minimum atomic E-state index is -0.489. The summed E-state index contributed by atoms with van der Waals surface area (Å²) in [5.74, 6) is -0.310. The third-order valence-electron chi connectivity index (χ3n) is 6.08. The Morgan fingerprint density at radius 3 is 2.68 bits per heavy atom. The van der Waals surface area contributed by atoms with Gasteiger partial charge in [0.05, 0.1) is 17.4 Å². The third kappa shape index (κ3) is 4.08. The number of halogens is 1. The van der Waals surface area contributed by atoms with Crippen molar-refractivity contribution >= 4 is 33.7 Å². The number of carbonyl (C=O) groups is 1. The summed E-state index contributed by atoms with van der Waals surface area (Å²) in [6, 6.07) is 10.7. The Hall–Kier alpha value is -4.99. The Kier molecular flexibility index (Phi) is 5.41. The molecule has 0 bridgehead atoms. The summed E-state index contributed by atoms with van der Waals surface area (Å²) in [5.41, 5.74) is 5.58. The number of pyridine rings is 3. The number of hydrogen-bond acceptors (Lipinski definition) is 6. The van der Waals surface area contributed by atoms with Gasteiger partial charge in [0, 0.05) is 52.8 Å². The molecule has 9 nitrogen and oxygen atoms in total. The van der Waals surface area contributed by atoms with Crippen LogP contribution in [0.15, 0.2) is 67.4 Å². The number of aromatic amines is 2. The molecule has 1 amide bonds. The number of fused-ring (bicyclic) bond motifs is 2. The molecule has 0 aliphatic heterocycles. The van der Waals surface area contributed by atoms with Gasteiger partial charge in [-0.3, -0.25) is 19.9 Å². The Labute approximate surface area is 210 Å². The van der Waals surface area contributed by atoms with Crippen LogP contribution in [-0.4, -0.2) is 41.0 Å². The number of imidazole rings is 1. The highest BCUT2D eigenvalue weighted by atomic mass is 19.1. The largest absolute Gasteiger partial charge is 0.335 e. The van der Waals surface area contributed by atoms with E-state index >= 15 is 4.39 Å². The molecule has 0 fully saturated rings. The SMILES string of the molecule is CC(C)C(=O)Nc1cncc(-c2cc(F)c3n[nH]c(-c4nc5nccc(-c6cccnc6)c5[nH]4)c3c2)c1. The van der Waals surface area contributed by atoms with Crippen molar-refractivity contribution < 1.29 is 9.18 Å². The number of rotatable bonds is 5. The zero-order valence-corrected chi connectivity index (χ0v) is 20.0. The molecule has 0 spiro atoms. The van der Waals surface area contributed by atoms with E-state index in [-0.39, 0.29) is 17.3 Å². The second-order valence-electron chi connectivity index (χ2n) is 8.94. The molecule has 0 atom stereocenters. The molecule has 0 aliphatic carbocycles. The number of H-pyrrole nitrogens is 2. The maximum Gasteiger partial charge on any atom is 0.226 e. The molecular weight excluding hydrogens is 471 g/mol. The zero-order valence-electron chi connectivity index (χ0n) is 20.0. The Bertz CT molecular complexity index is 1770. The van der Waals surface area contributed by atoms with E-state index in [0.29, 0.717) is 39.4 Å². The van der Waals surface area contributed by atoms with E-state index < -0.39 is 5.82 Å². The molecule has 10 heteroatoms. The van der Waals surface area contributed by atoms with Crippen molar-refractivity contribution in [2.75, 3.05) is 5.32 Å². The molecule has 6 aromatic rings. The number of carbonyl (C=O) groups excluding carboxylic acids is 1. The summed E-state index contributed by atoms with van der Waals surface area (Å²) in [5, 5.41) is 10.5. The fourth-order valence-corrected chi connectivity index (χ4v) is 4.17. The van der Waals surface area contributed by atoms with Crippen molar-refractivity contribution in [3.63, 3.8) is 0 Å². The molecule has 0 saturated heterocycles. The van der Waals surface area contributed by atoms with Gasteiger partial charge >= 0.3 is 0 Å². The molecular formula is C27H21FN8O. The maximum atomic E-state index is 15.1. The van der Waals surface area contributed by atoms with Gasteiger partial charge < -0.3 is 10.3 Å². The summed E-state index contributed by atoms with van der Waals surface area (Å²) in [6.07, 6.45) is 8.36. The van der Waals surface area contributed by atoms with Gasteiger partial charge in [-0.25, -0.2) is 14.4 Å².